The fraction of sp³-hybridized carbons (Fsp3) is 0.0833. The molecule has 7 heteroatoms. The zero-order chi connectivity index (χ0) is 13.2. The number of thioether (sulfide) groups is 1. The number of fused-ring (bicyclic) bond motifs is 1. The van der Waals surface area contributed by atoms with E-state index in [1.807, 2.05) is 24.5 Å². The van der Waals surface area contributed by atoms with Gasteiger partial charge in [-0.15, -0.1) is 0 Å². The molecule has 96 valence electrons. The van der Waals surface area contributed by atoms with E-state index in [1.165, 1.54) is 11.8 Å². The Kier molecular flexibility index (Phi) is 3.27. The van der Waals surface area contributed by atoms with E-state index in [2.05, 4.69) is 25.5 Å². The van der Waals surface area contributed by atoms with Crippen molar-refractivity contribution in [2.45, 2.75) is 5.16 Å². The number of aromatic amines is 1. The Morgan fingerprint density at radius 2 is 2.16 bits per heavy atom. The number of halogens is 1. The minimum Gasteiger partial charge on any atom is -0.340 e. The molecule has 0 unspecified atom stereocenters. The van der Waals surface area contributed by atoms with E-state index in [0.29, 0.717) is 16.1 Å². The quantitative estimate of drug-likeness (QED) is 0.439. The van der Waals surface area contributed by atoms with Gasteiger partial charge in [0.2, 0.25) is 0 Å². The Hall–Kier alpha value is -1.79. The molecule has 0 saturated heterocycles. The first-order valence-corrected chi connectivity index (χ1v) is 7.13. The van der Waals surface area contributed by atoms with Crippen LogP contribution >= 0.6 is 23.4 Å². The second kappa shape index (κ2) is 5.07. The van der Waals surface area contributed by atoms with E-state index < -0.39 is 0 Å². The summed E-state index contributed by atoms with van der Waals surface area (Å²) in [4.78, 5) is 8.45. The summed E-state index contributed by atoms with van der Waals surface area (Å²) in [6, 6.07) is 7.60. The highest BCUT2D eigenvalue weighted by Gasteiger charge is 2.04. The fourth-order valence-electron chi connectivity index (χ4n) is 1.72. The van der Waals surface area contributed by atoms with E-state index in [1.54, 1.807) is 12.3 Å². The van der Waals surface area contributed by atoms with E-state index in [9.17, 15) is 0 Å². The third kappa shape index (κ3) is 2.64. The molecule has 2 heterocycles. The Morgan fingerprint density at radius 1 is 1.26 bits per heavy atom. The molecule has 0 aliphatic carbocycles. The van der Waals surface area contributed by atoms with Crippen LogP contribution in [0.2, 0.25) is 5.15 Å². The van der Waals surface area contributed by atoms with Gasteiger partial charge in [0, 0.05) is 17.1 Å². The number of hydrogen-bond donors (Lipinski definition) is 2. The molecule has 0 spiro atoms. The van der Waals surface area contributed by atoms with Gasteiger partial charge in [-0.1, -0.05) is 23.4 Å². The van der Waals surface area contributed by atoms with Crippen LogP contribution in [-0.2, 0) is 0 Å². The molecule has 3 rings (SSSR count). The van der Waals surface area contributed by atoms with Crippen LogP contribution in [0.5, 0.6) is 0 Å². The average Bonchev–Trinajstić information content (AvgIpc) is 2.85. The monoisotopic (exact) mass is 291 g/mol. The lowest BCUT2D eigenvalue weighted by Crippen LogP contribution is -1.96. The van der Waals surface area contributed by atoms with Crippen molar-refractivity contribution >= 4 is 45.8 Å². The zero-order valence-electron chi connectivity index (χ0n) is 10.0. The summed E-state index contributed by atoms with van der Waals surface area (Å²) in [5.74, 6) is 0.673. The van der Waals surface area contributed by atoms with E-state index in [4.69, 9.17) is 11.6 Å². The minimum absolute atomic E-state index is 0.422. The van der Waals surface area contributed by atoms with Crippen LogP contribution in [-0.4, -0.2) is 26.4 Å². The molecule has 19 heavy (non-hydrogen) atoms. The number of anilines is 2. The molecule has 0 aliphatic heterocycles. The van der Waals surface area contributed by atoms with Gasteiger partial charge in [0.05, 0.1) is 11.7 Å². The summed E-state index contributed by atoms with van der Waals surface area (Å²) in [5, 5.41) is 12.2. The predicted octanol–water partition coefficient (Wildman–Crippen LogP) is 3.47. The zero-order valence-corrected chi connectivity index (χ0v) is 11.6. The molecule has 3 aromatic rings. The molecule has 2 aromatic heterocycles. The van der Waals surface area contributed by atoms with E-state index >= 15 is 0 Å². The standard InChI is InChI=1S/C12H10ClN5S/c1-19-12-16-10(13)5-11(17-12)15-8-2-3-9-7(4-8)6-14-18-9/h2-6H,1H3,(H,14,18)(H,15,16,17). The number of nitrogens with one attached hydrogen (secondary N) is 2. The van der Waals surface area contributed by atoms with Crippen molar-refractivity contribution in [1.82, 2.24) is 20.2 Å². The lowest BCUT2D eigenvalue weighted by molar-refractivity contribution is 0.976. The van der Waals surface area contributed by atoms with Crippen molar-refractivity contribution in [3.63, 3.8) is 0 Å². The van der Waals surface area contributed by atoms with Gasteiger partial charge in [-0.3, -0.25) is 5.10 Å². The second-order valence-corrected chi connectivity index (χ2v) is 5.02. The summed E-state index contributed by atoms with van der Waals surface area (Å²) in [6.45, 7) is 0. The number of hydrogen-bond acceptors (Lipinski definition) is 5. The molecule has 0 radical (unpaired) electrons. The van der Waals surface area contributed by atoms with Crippen molar-refractivity contribution in [3.8, 4) is 0 Å². The number of H-pyrrole nitrogens is 1. The topological polar surface area (TPSA) is 66.5 Å². The SMILES string of the molecule is CSc1nc(Cl)cc(Nc2ccc3[nH]ncc3c2)n1. The fourth-order valence-corrected chi connectivity index (χ4v) is 2.33. The molecule has 1 aromatic carbocycles. The average molecular weight is 292 g/mol. The smallest absolute Gasteiger partial charge is 0.190 e. The lowest BCUT2D eigenvalue weighted by Gasteiger charge is -2.07. The molecular formula is C12H10ClN5S. The van der Waals surface area contributed by atoms with Gasteiger partial charge in [-0.2, -0.15) is 5.10 Å². The predicted molar refractivity (Wildman–Crippen MR) is 78.2 cm³/mol. The number of nitrogens with zero attached hydrogens (tertiary/aromatic N) is 3. The van der Waals surface area contributed by atoms with Crippen molar-refractivity contribution < 1.29 is 0 Å². The van der Waals surface area contributed by atoms with Crippen LogP contribution in [0.15, 0.2) is 35.6 Å². The van der Waals surface area contributed by atoms with E-state index in [-0.39, 0.29) is 0 Å². The first-order chi connectivity index (χ1) is 9.24. The van der Waals surface area contributed by atoms with Gasteiger partial charge in [0.15, 0.2) is 5.16 Å². The molecule has 0 saturated carbocycles. The van der Waals surface area contributed by atoms with Crippen LogP contribution in [0.25, 0.3) is 10.9 Å². The summed E-state index contributed by atoms with van der Waals surface area (Å²) < 4.78 is 0. The number of rotatable bonds is 3. The van der Waals surface area contributed by atoms with Gasteiger partial charge < -0.3 is 5.32 Å². The summed E-state index contributed by atoms with van der Waals surface area (Å²) in [7, 11) is 0. The van der Waals surface area contributed by atoms with Crippen LogP contribution in [0.1, 0.15) is 0 Å². The third-order valence-corrected chi connectivity index (χ3v) is 3.31. The highest BCUT2D eigenvalue weighted by atomic mass is 35.5. The van der Waals surface area contributed by atoms with Crippen molar-refractivity contribution in [1.29, 1.82) is 0 Å². The van der Waals surface area contributed by atoms with Crippen LogP contribution < -0.4 is 5.32 Å². The molecule has 2 N–H and O–H groups in total. The first kappa shape index (κ1) is 12.3. The maximum Gasteiger partial charge on any atom is 0.190 e. The van der Waals surface area contributed by atoms with Crippen LogP contribution in [0, 0.1) is 0 Å². The number of benzene rings is 1. The molecule has 0 bridgehead atoms. The minimum atomic E-state index is 0.422. The first-order valence-electron chi connectivity index (χ1n) is 5.53. The van der Waals surface area contributed by atoms with Crippen LogP contribution in [0.3, 0.4) is 0 Å². The van der Waals surface area contributed by atoms with Crippen molar-refractivity contribution in [3.05, 3.63) is 35.6 Å². The van der Waals surface area contributed by atoms with Gasteiger partial charge in [-0.25, -0.2) is 9.97 Å². The normalized spacial score (nSPS) is 10.8. The molecule has 0 amide bonds. The van der Waals surface area contributed by atoms with Crippen molar-refractivity contribution in [2.24, 2.45) is 0 Å². The van der Waals surface area contributed by atoms with Crippen molar-refractivity contribution in [2.75, 3.05) is 11.6 Å². The second-order valence-electron chi connectivity index (χ2n) is 3.86. The van der Waals surface area contributed by atoms with Gasteiger partial charge in [0.25, 0.3) is 0 Å². The molecule has 0 atom stereocenters. The Balaban J connectivity index is 1.93. The maximum absolute atomic E-state index is 5.95. The third-order valence-electron chi connectivity index (χ3n) is 2.57. The maximum atomic E-state index is 5.95. The summed E-state index contributed by atoms with van der Waals surface area (Å²) in [6.07, 6.45) is 3.69. The molecule has 5 nitrogen and oxygen atoms in total. The molecular weight excluding hydrogens is 282 g/mol. The van der Waals surface area contributed by atoms with Crippen LogP contribution in [0.4, 0.5) is 11.5 Å². The van der Waals surface area contributed by atoms with Gasteiger partial charge in [-0.05, 0) is 24.5 Å². The largest absolute Gasteiger partial charge is 0.340 e. The highest BCUT2D eigenvalue weighted by molar-refractivity contribution is 7.98. The lowest BCUT2D eigenvalue weighted by atomic mass is 10.2. The number of aromatic nitrogens is 4. The van der Waals surface area contributed by atoms with E-state index in [0.717, 1.165) is 16.6 Å². The Labute approximate surface area is 118 Å². The molecule has 0 fully saturated rings. The summed E-state index contributed by atoms with van der Waals surface area (Å²) >= 11 is 7.40. The van der Waals surface area contributed by atoms with Gasteiger partial charge in [0.1, 0.15) is 11.0 Å². The molecule has 0 aliphatic rings. The Morgan fingerprint density at radius 3 is 3.00 bits per heavy atom. The Bertz CT molecular complexity index is 727. The van der Waals surface area contributed by atoms with Gasteiger partial charge >= 0.3 is 0 Å². The summed E-state index contributed by atoms with van der Waals surface area (Å²) in [5.41, 5.74) is 1.92. The highest BCUT2D eigenvalue weighted by Crippen LogP contribution is 2.23.